The number of hydrogen-bond donors (Lipinski definition) is 8. The number of carbonyl (C=O) groups excluding carboxylic acids is 4. The van der Waals surface area contributed by atoms with Crippen LogP contribution in [-0.4, -0.2) is 90.4 Å². The second kappa shape index (κ2) is 18.7. The Morgan fingerprint density at radius 2 is 1.45 bits per heavy atom. The number of carbonyl (C=O) groups is 4. The summed E-state index contributed by atoms with van der Waals surface area (Å²) < 4.78 is 0. The van der Waals surface area contributed by atoms with Gasteiger partial charge in [0.15, 0.2) is 5.96 Å². The van der Waals surface area contributed by atoms with Gasteiger partial charge < -0.3 is 48.9 Å². The number of rotatable bonds is 17. The minimum absolute atomic E-state index is 0.0598. The van der Waals surface area contributed by atoms with Crippen LogP contribution in [0.25, 0.3) is 0 Å². The van der Waals surface area contributed by atoms with Crippen molar-refractivity contribution in [2.45, 2.75) is 83.0 Å². The first-order valence-corrected chi connectivity index (χ1v) is 16.8. The molecule has 1 saturated heterocycles. The zero-order valence-corrected chi connectivity index (χ0v) is 28.8. The standard InChI is InChI=1S/C35H53N9O5/c1-21-16-25(45)17-22(2)26(21)20-30(42-32(47)27(36)10-7-13-40-35(38)39)34(49)43-29(19-24-11-14-44(3)15-12-24)33(48)41-28(31(37)46)18-23-8-5-4-6-9-23/h4-6,8-9,16-17,24,27-30,45H,7,10-15,18-20,36H2,1-3H3,(H2,37,46)(H,41,48)(H,42,47)(H,43,49)(H4,38,39,40)/t27-,28+,29+,30+/m1/s1. The lowest BCUT2D eigenvalue weighted by Crippen LogP contribution is -2.58. The number of nitrogens with zero attached hydrogens (tertiary/aromatic N) is 2. The fourth-order valence-corrected chi connectivity index (χ4v) is 6.11. The fraction of sp³-hybridized carbons (Fsp3) is 0.514. The van der Waals surface area contributed by atoms with Crippen LogP contribution in [0.5, 0.6) is 5.75 Å². The molecule has 3 rings (SSSR count). The number of phenols is 1. The van der Waals surface area contributed by atoms with Gasteiger partial charge in [-0.05, 0) is 106 Å². The average molecular weight is 680 g/mol. The number of aryl methyl sites for hydroxylation is 2. The molecule has 4 amide bonds. The minimum atomic E-state index is -1.11. The Morgan fingerprint density at radius 1 is 0.878 bits per heavy atom. The molecule has 49 heavy (non-hydrogen) atoms. The molecule has 0 saturated carbocycles. The Labute approximate surface area is 288 Å². The highest BCUT2D eigenvalue weighted by Gasteiger charge is 2.33. The van der Waals surface area contributed by atoms with Gasteiger partial charge in [0.05, 0.1) is 6.04 Å². The molecule has 4 atom stereocenters. The van der Waals surface area contributed by atoms with E-state index in [9.17, 15) is 24.3 Å². The SMILES string of the molecule is Cc1cc(O)cc(C)c1C[C@H](NC(=O)[C@H](N)CCCN=C(N)N)C(=O)N[C@@H](CC1CCN(C)CC1)C(=O)N[C@@H](Cc1ccccc1)C(N)=O. The van der Waals surface area contributed by atoms with E-state index in [2.05, 4.69) is 25.8 Å². The largest absolute Gasteiger partial charge is 0.508 e. The molecular weight excluding hydrogens is 626 g/mol. The summed E-state index contributed by atoms with van der Waals surface area (Å²) in [6, 6.07) is 8.31. The Morgan fingerprint density at radius 3 is 2.04 bits per heavy atom. The van der Waals surface area contributed by atoms with Gasteiger partial charge in [-0.1, -0.05) is 30.3 Å². The van der Waals surface area contributed by atoms with Gasteiger partial charge in [0.1, 0.15) is 23.9 Å². The van der Waals surface area contributed by atoms with Crippen LogP contribution in [0.3, 0.4) is 0 Å². The van der Waals surface area contributed by atoms with Crippen molar-refractivity contribution < 1.29 is 24.3 Å². The van der Waals surface area contributed by atoms with Crippen molar-refractivity contribution in [1.29, 1.82) is 0 Å². The second-order valence-electron chi connectivity index (χ2n) is 13.1. The first-order chi connectivity index (χ1) is 23.2. The van der Waals surface area contributed by atoms with E-state index in [4.69, 9.17) is 22.9 Å². The molecule has 14 nitrogen and oxygen atoms in total. The van der Waals surface area contributed by atoms with Crippen LogP contribution in [-0.2, 0) is 32.0 Å². The van der Waals surface area contributed by atoms with Gasteiger partial charge in [0.2, 0.25) is 23.6 Å². The molecular formula is C35H53N9O5. The predicted octanol–water partition coefficient (Wildman–Crippen LogP) is -0.153. The quantitative estimate of drug-likeness (QED) is 0.0628. The minimum Gasteiger partial charge on any atom is -0.508 e. The third-order valence-corrected chi connectivity index (χ3v) is 9.01. The zero-order valence-electron chi connectivity index (χ0n) is 28.8. The van der Waals surface area contributed by atoms with Crippen molar-refractivity contribution in [3.05, 3.63) is 64.7 Å². The van der Waals surface area contributed by atoms with Gasteiger partial charge >= 0.3 is 0 Å². The van der Waals surface area contributed by atoms with Crippen molar-refractivity contribution >= 4 is 29.6 Å². The van der Waals surface area contributed by atoms with Crippen molar-refractivity contribution in [2.75, 3.05) is 26.7 Å². The summed E-state index contributed by atoms with van der Waals surface area (Å²) in [5, 5.41) is 18.6. The number of benzene rings is 2. The van der Waals surface area contributed by atoms with Gasteiger partial charge in [-0.25, -0.2) is 0 Å². The first-order valence-electron chi connectivity index (χ1n) is 16.8. The molecule has 1 fully saturated rings. The van der Waals surface area contributed by atoms with E-state index >= 15 is 0 Å². The molecule has 2 aromatic rings. The highest BCUT2D eigenvalue weighted by atomic mass is 16.3. The lowest BCUT2D eigenvalue weighted by atomic mass is 9.89. The number of aromatic hydroxyl groups is 1. The lowest BCUT2D eigenvalue weighted by molar-refractivity contribution is -0.134. The number of nitrogens with one attached hydrogen (secondary N) is 3. The maximum absolute atomic E-state index is 14.1. The first kappa shape index (κ1) is 38.8. The molecule has 12 N–H and O–H groups in total. The molecule has 2 aromatic carbocycles. The number of aliphatic imine (C=N–C) groups is 1. The van der Waals surface area contributed by atoms with Gasteiger partial charge in [0, 0.05) is 19.4 Å². The molecule has 1 aliphatic rings. The molecule has 0 unspecified atom stereocenters. The molecule has 0 spiro atoms. The van der Waals surface area contributed by atoms with Crippen LogP contribution in [0.1, 0.15) is 54.4 Å². The normalized spacial score (nSPS) is 16.1. The van der Waals surface area contributed by atoms with Crippen LogP contribution in [0.15, 0.2) is 47.5 Å². The molecule has 268 valence electrons. The summed E-state index contributed by atoms with van der Waals surface area (Å²) >= 11 is 0. The smallest absolute Gasteiger partial charge is 0.243 e. The van der Waals surface area contributed by atoms with E-state index in [1.807, 2.05) is 37.4 Å². The summed E-state index contributed by atoms with van der Waals surface area (Å²) in [6.07, 6.45) is 2.99. The second-order valence-corrected chi connectivity index (χ2v) is 13.1. The number of phenolic OH excluding ortho intramolecular Hbond substituents is 1. The summed E-state index contributed by atoms with van der Waals surface area (Å²) in [4.78, 5) is 59.8. The third-order valence-electron chi connectivity index (χ3n) is 9.01. The number of nitrogens with two attached hydrogens (primary N) is 4. The van der Waals surface area contributed by atoms with Gasteiger partial charge in [-0.3, -0.25) is 24.2 Å². The lowest BCUT2D eigenvalue weighted by Gasteiger charge is -2.32. The molecule has 0 bridgehead atoms. The third kappa shape index (κ3) is 12.7. The molecule has 14 heteroatoms. The fourth-order valence-electron chi connectivity index (χ4n) is 6.11. The van der Waals surface area contributed by atoms with E-state index in [0.29, 0.717) is 19.4 Å². The Balaban J connectivity index is 1.86. The number of likely N-dealkylation sites (tertiary alicyclic amines) is 1. The van der Waals surface area contributed by atoms with Gasteiger partial charge in [-0.2, -0.15) is 0 Å². The van der Waals surface area contributed by atoms with Crippen LogP contribution in [0.4, 0.5) is 0 Å². The Bertz CT molecular complexity index is 1430. The summed E-state index contributed by atoms with van der Waals surface area (Å²) in [5.41, 5.74) is 25.7. The number of guanidine groups is 1. The Hall–Kier alpha value is -4.69. The van der Waals surface area contributed by atoms with Crippen molar-refractivity contribution in [3.8, 4) is 5.75 Å². The monoisotopic (exact) mass is 679 g/mol. The predicted molar refractivity (Wildman–Crippen MR) is 189 cm³/mol. The van der Waals surface area contributed by atoms with Gasteiger partial charge in [-0.15, -0.1) is 0 Å². The number of amides is 4. The van der Waals surface area contributed by atoms with E-state index in [0.717, 1.165) is 48.2 Å². The van der Waals surface area contributed by atoms with E-state index in [1.165, 1.54) is 0 Å². The maximum Gasteiger partial charge on any atom is 0.243 e. The Kier molecular flexibility index (Phi) is 14.8. The summed E-state index contributed by atoms with van der Waals surface area (Å²) in [7, 11) is 2.04. The van der Waals surface area contributed by atoms with Crippen molar-refractivity contribution in [1.82, 2.24) is 20.9 Å². The highest BCUT2D eigenvalue weighted by molar-refractivity contribution is 5.94. The highest BCUT2D eigenvalue weighted by Crippen LogP contribution is 2.24. The average Bonchev–Trinajstić information content (AvgIpc) is 3.04. The molecule has 1 aliphatic heterocycles. The van der Waals surface area contributed by atoms with Crippen molar-refractivity contribution in [2.24, 2.45) is 33.8 Å². The van der Waals surface area contributed by atoms with Crippen LogP contribution >= 0.6 is 0 Å². The number of piperidine rings is 1. The molecule has 1 heterocycles. The maximum atomic E-state index is 14.1. The molecule has 0 aliphatic carbocycles. The van der Waals surface area contributed by atoms with Crippen molar-refractivity contribution in [3.63, 3.8) is 0 Å². The topological polar surface area (TPSA) is 244 Å². The van der Waals surface area contributed by atoms with Crippen LogP contribution < -0.4 is 38.9 Å². The number of hydrogen-bond acceptors (Lipinski definition) is 8. The van der Waals surface area contributed by atoms with Crippen LogP contribution in [0.2, 0.25) is 0 Å². The molecule has 0 radical (unpaired) electrons. The zero-order chi connectivity index (χ0) is 36.1. The van der Waals surface area contributed by atoms with E-state index < -0.39 is 47.8 Å². The summed E-state index contributed by atoms with van der Waals surface area (Å²) in [5.74, 6) is -2.20. The van der Waals surface area contributed by atoms with E-state index in [1.54, 1.807) is 26.0 Å². The van der Waals surface area contributed by atoms with Crippen LogP contribution in [0, 0.1) is 19.8 Å². The van der Waals surface area contributed by atoms with Gasteiger partial charge in [0.25, 0.3) is 0 Å². The molecule has 0 aromatic heterocycles. The number of primary amides is 1. The summed E-state index contributed by atoms with van der Waals surface area (Å²) in [6.45, 7) is 5.61. The van der Waals surface area contributed by atoms with E-state index in [-0.39, 0.29) is 36.9 Å².